The molecule has 11 heteroatoms. The summed E-state index contributed by atoms with van der Waals surface area (Å²) in [6, 6.07) is 6.73. The molecule has 1 N–H and O–H groups in total. The molecule has 28 heavy (non-hydrogen) atoms. The van der Waals surface area contributed by atoms with Crippen molar-refractivity contribution in [2.24, 2.45) is 0 Å². The minimum Gasteiger partial charge on any atom is -0.306 e. The fraction of sp³-hybridized carbons (Fsp3) is 0.235. The van der Waals surface area contributed by atoms with E-state index < -0.39 is 11.0 Å². The third kappa shape index (κ3) is 4.39. The lowest BCUT2D eigenvalue weighted by Gasteiger charge is -2.14. The van der Waals surface area contributed by atoms with Gasteiger partial charge in [0.15, 0.2) is 5.82 Å². The molecule has 0 bridgehead atoms. The first kappa shape index (κ1) is 20.0. The number of nitrogens with zero attached hydrogens (tertiary/aromatic N) is 5. The van der Waals surface area contributed by atoms with Crippen molar-refractivity contribution < 1.29 is 9.72 Å². The Labute approximate surface area is 173 Å². The summed E-state index contributed by atoms with van der Waals surface area (Å²) < 4.78 is 3.54. The molecule has 1 aromatic carbocycles. The van der Waals surface area contributed by atoms with Crippen molar-refractivity contribution in [2.75, 3.05) is 5.32 Å². The summed E-state index contributed by atoms with van der Waals surface area (Å²) in [7, 11) is 0. The van der Waals surface area contributed by atoms with Gasteiger partial charge in [-0.2, -0.15) is 10.2 Å². The topological polar surface area (TPSA) is 108 Å². The summed E-state index contributed by atoms with van der Waals surface area (Å²) >= 11 is 9.56. The zero-order valence-corrected chi connectivity index (χ0v) is 17.1. The minimum atomic E-state index is -0.700. The largest absolute Gasteiger partial charge is 0.307 e. The number of hydrogen-bond acceptors (Lipinski definition) is 5. The van der Waals surface area contributed by atoms with Gasteiger partial charge in [-0.25, -0.2) is 0 Å². The van der Waals surface area contributed by atoms with Crippen LogP contribution in [0.25, 0.3) is 0 Å². The van der Waals surface area contributed by atoms with Crippen LogP contribution in [0, 0.1) is 10.1 Å². The molecule has 0 aliphatic heterocycles. The van der Waals surface area contributed by atoms with Crippen LogP contribution in [-0.2, 0) is 11.3 Å². The van der Waals surface area contributed by atoms with Crippen LogP contribution in [-0.4, -0.2) is 30.4 Å². The molecule has 0 fully saturated rings. The average Bonchev–Trinajstić information content (AvgIpc) is 3.25. The summed E-state index contributed by atoms with van der Waals surface area (Å²) in [6.45, 7) is 2.24. The van der Waals surface area contributed by atoms with Crippen molar-refractivity contribution >= 4 is 44.9 Å². The van der Waals surface area contributed by atoms with Crippen molar-refractivity contribution in [3.05, 3.63) is 68.0 Å². The Morgan fingerprint density at radius 1 is 1.39 bits per heavy atom. The Morgan fingerprint density at radius 3 is 2.79 bits per heavy atom. The second-order valence-electron chi connectivity index (χ2n) is 5.96. The molecule has 3 aromatic rings. The molecular weight excluding hydrogens is 452 g/mol. The lowest BCUT2D eigenvalue weighted by Crippen LogP contribution is -2.26. The zero-order valence-electron chi connectivity index (χ0n) is 14.7. The Morgan fingerprint density at radius 2 is 2.14 bits per heavy atom. The van der Waals surface area contributed by atoms with Gasteiger partial charge >= 0.3 is 5.69 Å². The molecule has 0 aliphatic carbocycles. The van der Waals surface area contributed by atoms with Crippen LogP contribution in [0.4, 0.5) is 11.5 Å². The van der Waals surface area contributed by atoms with E-state index in [-0.39, 0.29) is 11.6 Å². The van der Waals surface area contributed by atoms with E-state index in [1.165, 1.54) is 10.9 Å². The lowest BCUT2D eigenvalue weighted by molar-refractivity contribution is -0.385. The van der Waals surface area contributed by atoms with E-state index in [1.807, 2.05) is 18.2 Å². The maximum absolute atomic E-state index is 12.7. The summed E-state index contributed by atoms with van der Waals surface area (Å²) in [6.07, 6.45) is 4.49. The molecule has 2 aromatic heterocycles. The fourth-order valence-electron chi connectivity index (χ4n) is 2.65. The molecule has 9 nitrogen and oxygen atoms in total. The van der Waals surface area contributed by atoms with Gasteiger partial charge in [-0.05, 0) is 34.0 Å². The van der Waals surface area contributed by atoms with Crippen molar-refractivity contribution in [1.82, 2.24) is 19.6 Å². The number of hydrogen-bond donors (Lipinski definition) is 1. The summed E-state index contributed by atoms with van der Waals surface area (Å²) in [5, 5.41) is 22.5. The summed E-state index contributed by atoms with van der Waals surface area (Å²) in [5.74, 6) is -0.0265. The molecule has 146 valence electrons. The molecule has 3 rings (SSSR count). The van der Waals surface area contributed by atoms with E-state index in [0.29, 0.717) is 28.3 Å². The van der Waals surface area contributed by atoms with Gasteiger partial charge in [0, 0.05) is 11.2 Å². The lowest BCUT2D eigenvalue weighted by atomic mass is 10.2. The van der Waals surface area contributed by atoms with Gasteiger partial charge in [0.25, 0.3) is 0 Å². The first-order valence-electron chi connectivity index (χ1n) is 8.34. The highest BCUT2D eigenvalue weighted by molar-refractivity contribution is 9.10. The maximum Gasteiger partial charge on any atom is 0.307 e. The number of anilines is 1. The molecule has 1 atom stereocenters. The van der Waals surface area contributed by atoms with Gasteiger partial charge in [-0.1, -0.05) is 36.7 Å². The number of aromatic nitrogens is 4. The Bertz CT molecular complexity index is 1020. The van der Waals surface area contributed by atoms with E-state index in [0.717, 1.165) is 11.8 Å². The summed E-state index contributed by atoms with van der Waals surface area (Å²) in [5.41, 5.74) is 0.726. The quantitative estimate of drug-likeness (QED) is 0.417. The maximum atomic E-state index is 12.7. The third-order valence-corrected chi connectivity index (χ3v) is 5.01. The molecule has 1 amide bonds. The number of benzene rings is 1. The van der Waals surface area contributed by atoms with Gasteiger partial charge in [0.1, 0.15) is 18.4 Å². The smallest absolute Gasteiger partial charge is 0.306 e. The van der Waals surface area contributed by atoms with Crippen molar-refractivity contribution in [2.45, 2.75) is 25.9 Å². The first-order chi connectivity index (χ1) is 13.4. The average molecular weight is 468 g/mol. The van der Waals surface area contributed by atoms with E-state index in [1.54, 1.807) is 23.9 Å². The Kier molecular flexibility index (Phi) is 6.10. The SMILES string of the molecule is CCC(C(=O)Nc1nn(Cc2ccccc2Cl)cc1Br)n1cc([N+](=O)[O-])cn1. The number of amides is 1. The van der Waals surface area contributed by atoms with E-state index in [2.05, 4.69) is 31.4 Å². The van der Waals surface area contributed by atoms with Crippen LogP contribution in [0.5, 0.6) is 0 Å². The number of nitrogens with one attached hydrogen (secondary N) is 1. The van der Waals surface area contributed by atoms with Crippen LogP contribution in [0.3, 0.4) is 0 Å². The molecule has 0 radical (unpaired) electrons. The molecule has 1 unspecified atom stereocenters. The Balaban J connectivity index is 1.75. The molecule has 0 spiro atoms. The number of halogens is 2. The second kappa shape index (κ2) is 8.53. The van der Waals surface area contributed by atoms with Crippen molar-refractivity contribution in [3.8, 4) is 0 Å². The van der Waals surface area contributed by atoms with Gasteiger partial charge in [-0.3, -0.25) is 24.3 Å². The minimum absolute atomic E-state index is 0.170. The summed E-state index contributed by atoms with van der Waals surface area (Å²) in [4.78, 5) is 22.9. The number of carbonyl (C=O) groups excluding carboxylic acids is 1. The van der Waals surface area contributed by atoms with Gasteiger partial charge in [0.2, 0.25) is 5.91 Å². The van der Waals surface area contributed by atoms with E-state index in [4.69, 9.17) is 11.6 Å². The molecule has 0 aliphatic rings. The second-order valence-corrected chi connectivity index (χ2v) is 7.23. The number of rotatable bonds is 7. The molecule has 0 saturated heterocycles. The first-order valence-corrected chi connectivity index (χ1v) is 9.52. The highest BCUT2D eigenvalue weighted by atomic mass is 79.9. The zero-order chi connectivity index (χ0) is 20.3. The number of nitro groups is 1. The fourth-order valence-corrected chi connectivity index (χ4v) is 3.26. The van der Waals surface area contributed by atoms with Crippen LogP contribution in [0.1, 0.15) is 24.9 Å². The van der Waals surface area contributed by atoms with Gasteiger partial charge < -0.3 is 5.32 Å². The van der Waals surface area contributed by atoms with Crippen LogP contribution < -0.4 is 5.32 Å². The molecular formula is C17H16BrClN6O3. The standard InChI is InChI=1S/C17H16BrClN6O3/c1-2-15(24-9-12(7-20-24)25(27)28)17(26)21-16-13(18)10-23(22-16)8-11-5-3-4-6-14(11)19/h3-7,9-10,15H,2,8H2,1H3,(H,21,22,26). The van der Waals surface area contributed by atoms with Gasteiger partial charge in [0.05, 0.1) is 15.9 Å². The highest BCUT2D eigenvalue weighted by Crippen LogP contribution is 2.24. The highest BCUT2D eigenvalue weighted by Gasteiger charge is 2.23. The normalized spacial score (nSPS) is 12.0. The monoisotopic (exact) mass is 466 g/mol. The van der Waals surface area contributed by atoms with Gasteiger partial charge in [-0.15, -0.1) is 0 Å². The van der Waals surface area contributed by atoms with Crippen molar-refractivity contribution in [1.29, 1.82) is 0 Å². The van der Waals surface area contributed by atoms with Crippen LogP contribution >= 0.6 is 27.5 Å². The molecule has 0 saturated carbocycles. The van der Waals surface area contributed by atoms with Crippen LogP contribution in [0.2, 0.25) is 5.02 Å². The van der Waals surface area contributed by atoms with Crippen LogP contribution in [0.15, 0.2) is 47.3 Å². The van der Waals surface area contributed by atoms with Crippen molar-refractivity contribution in [3.63, 3.8) is 0 Å². The predicted molar refractivity (Wildman–Crippen MR) is 107 cm³/mol. The number of carbonyl (C=O) groups is 1. The Hall–Kier alpha value is -2.72. The van der Waals surface area contributed by atoms with E-state index >= 15 is 0 Å². The molecule has 2 heterocycles. The van der Waals surface area contributed by atoms with E-state index in [9.17, 15) is 14.9 Å². The third-order valence-electron chi connectivity index (χ3n) is 4.06. The predicted octanol–water partition coefficient (Wildman–Crippen LogP) is 4.04.